The van der Waals surface area contributed by atoms with E-state index in [9.17, 15) is 4.39 Å². The molecule has 0 aromatic rings. The van der Waals surface area contributed by atoms with E-state index in [1.807, 2.05) is 0 Å². The van der Waals surface area contributed by atoms with E-state index in [0.29, 0.717) is 18.3 Å². The SMILES string of the molecule is CC(F)CC1CN(C)CCC1CO. The molecule has 3 atom stereocenters. The Hall–Kier alpha value is -0.150. The van der Waals surface area contributed by atoms with Crippen LogP contribution in [-0.4, -0.2) is 42.9 Å². The molecule has 0 aliphatic carbocycles. The fraction of sp³-hybridized carbons (Fsp3) is 1.00. The number of nitrogens with zero attached hydrogens (tertiary/aromatic N) is 1. The van der Waals surface area contributed by atoms with Crippen LogP contribution in [0.4, 0.5) is 4.39 Å². The first-order chi connectivity index (χ1) is 6.13. The van der Waals surface area contributed by atoms with Gasteiger partial charge in [0.2, 0.25) is 0 Å². The van der Waals surface area contributed by atoms with Gasteiger partial charge < -0.3 is 10.0 Å². The summed E-state index contributed by atoms with van der Waals surface area (Å²) in [5, 5.41) is 9.12. The van der Waals surface area contributed by atoms with Gasteiger partial charge in [-0.05, 0) is 45.2 Å². The summed E-state index contributed by atoms with van der Waals surface area (Å²) >= 11 is 0. The molecule has 1 saturated heterocycles. The Morgan fingerprint density at radius 1 is 1.54 bits per heavy atom. The molecule has 0 aromatic carbocycles. The summed E-state index contributed by atoms with van der Waals surface area (Å²) in [5.41, 5.74) is 0. The van der Waals surface area contributed by atoms with Gasteiger partial charge in [-0.2, -0.15) is 0 Å². The van der Waals surface area contributed by atoms with Crippen LogP contribution < -0.4 is 0 Å². The van der Waals surface area contributed by atoms with E-state index in [1.165, 1.54) is 0 Å². The Bertz CT molecular complexity index is 150. The van der Waals surface area contributed by atoms with Gasteiger partial charge in [-0.25, -0.2) is 4.39 Å². The van der Waals surface area contributed by atoms with Gasteiger partial charge in [-0.1, -0.05) is 0 Å². The van der Waals surface area contributed by atoms with E-state index in [2.05, 4.69) is 11.9 Å². The van der Waals surface area contributed by atoms with Gasteiger partial charge in [-0.3, -0.25) is 0 Å². The predicted octanol–water partition coefficient (Wildman–Crippen LogP) is 1.29. The Morgan fingerprint density at radius 3 is 2.77 bits per heavy atom. The number of rotatable bonds is 3. The first kappa shape index (κ1) is 10.9. The molecule has 0 saturated carbocycles. The summed E-state index contributed by atoms with van der Waals surface area (Å²) in [6, 6.07) is 0. The maximum absolute atomic E-state index is 12.8. The van der Waals surface area contributed by atoms with Crippen LogP contribution in [0, 0.1) is 11.8 Å². The zero-order valence-corrected chi connectivity index (χ0v) is 8.54. The second-order valence-electron chi connectivity index (χ2n) is 4.27. The van der Waals surface area contributed by atoms with E-state index in [1.54, 1.807) is 6.92 Å². The maximum atomic E-state index is 12.8. The Kier molecular flexibility index (Phi) is 4.13. The third kappa shape index (κ3) is 3.24. The first-order valence-corrected chi connectivity index (χ1v) is 5.07. The second kappa shape index (κ2) is 4.91. The van der Waals surface area contributed by atoms with Crippen molar-refractivity contribution < 1.29 is 9.50 Å². The smallest absolute Gasteiger partial charge is 0.0976 e. The third-order valence-corrected chi connectivity index (χ3v) is 2.96. The van der Waals surface area contributed by atoms with Crippen molar-refractivity contribution in [3.05, 3.63) is 0 Å². The fourth-order valence-corrected chi connectivity index (χ4v) is 2.19. The monoisotopic (exact) mass is 189 g/mol. The molecule has 0 aromatic heterocycles. The lowest BCUT2D eigenvalue weighted by Gasteiger charge is -2.36. The van der Waals surface area contributed by atoms with Crippen LogP contribution in [-0.2, 0) is 0 Å². The van der Waals surface area contributed by atoms with Crippen LogP contribution >= 0.6 is 0 Å². The predicted molar refractivity (Wildman–Crippen MR) is 51.4 cm³/mol. The van der Waals surface area contributed by atoms with Crippen LogP contribution in [0.1, 0.15) is 19.8 Å². The average Bonchev–Trinajstić information content (AvgIpc) is 2.03. The Morgan fingerprint density at radius 2 is 2.23 bits per heavy atom. The van der Waals surface area contributed by atoms with Gasteiger partial charge in [0.05, 0.1) is 6.17 Å². The molecule has 13 heavy (non-hydrogen) atoms. The number of piperidine rings is 1. The summed E-state index contributed by atoms with van der Waals surface area (Å²) in [5.74, 6) is 0.651. The van der Waals surface area contributed by atoms with Crippen molar-refractivity contribution in [2.24, 2.45) is 11.8 Å². The Labute approximate surface area is 79.7 Å². The second-order valence-corrected chi connectivity index (χ2v) is 4.27. The molecule has 1 aliphatic rings. The molecule has 3 heteroatoms. The molecule has 1 N–H and O–H groups in total. The fourth-order valence-electron chi connectivity index (χ4n) is 2.19. The zero-order chi connectivity index (χ0) is 9.84. The van der Waals surface area contributed by atoms with Gasteiger partial charge in [0, 0.05) is 13.2 Å². The number of hydrogen-bond acceptors (Lipinski definition) is 2. The molecule has 1 heterocycles. The zero-order valence-electron chi connectivity index (χ0n) is 8.54. The number of likely N-dealkylation sites (tertiary alicyclic amines) is 1. The molecular weight excluding hydrogens is 169 g/mol. The van der Waals surface area contributed by atoms with E-state index in [0.717, 1.165) is 19.5 Å². The molecule has 1 fully saturated rings. The molecule has 0 bridgehead atoms. The van der Waals surface area contributed by atoms with Crippen molar-refractivity contribution in [3.8, 4) is 0 Å². The molecular formula is C10H20FNO. The first-order valence-electron chi connectivity index (χ1n) is 5.07. The maximum Gasteiger partial charge on any atom is 0.0976 e. The number of alkyl halides is 1. The van der Waals surface area contributed by atoms with Crippen molar-refractivity contribution >= 4 is 0 Å². The third-order valence-electron chi connectivity index (χ3n) is 2.96. The van der Waals surface area contributed by atoms with Crippen LogP contribution in [0.3, 0.4) is 0 Å². The number of aliphatic hydroxyl groups is 1. The molecule has 0 amide bonds. The van der Waals surface area contributed by atoms with E-state index < -0.39 is 6.17 Å². The topological polar surface area (TPSA) is 23.5 Å². The molecule has 1 aliphatic heterocycles. The average molecular weight is 189 g/mol. The van der Waals surface area contributed by atoms with E-state index in [4.69, 9.17) is 5.11 Å². The standard InChI is InChI=1S/C10H20FNO/c1-8(11)5-10-6-12(2)4-3-9(10)7-13/h8-10,13H,3-7H2,1-2H3. The molecule has 0 radical (unpaired) electrons. The van der Waals surface area contributed by atoms with Crippen LogP contribution in [0.5, 0.6) is 0 Å². The highest BCUT2D eigenvalue weighted by Gasteiger charge is 2.28. The summed E-state index contributed by atoms with van der Waals surface area (Å²) in [7, 11) is 2.06. The number of hydrogen-bond donors (Lipinski definition) is 1. The minimum absolute atomic E-state index is 0.214. The number of aliphatic hydroxyl groups excluding tert-OH is 1. The van der Waals surface area contributed by atoms with Crippen molar-refractivity contribution in [2.45, 2.75) is 25.9 Å². The highest BCUT2D eigenvalue weighted by molar-refractivity contribution is 4.79. The van der Waals surface area contributed by atoms with Crippen molar-refractivity contribution in [1.29, 1.82) is 0 Å². The van der Waals surface area contributed by atoms with Gasteiger partial charge in [0.1, 0.15) is 0 Å². The lowest BCUT2D eigenvalue weighted by Crippen LogP contribution is -2.40. The summed E-state index contributed by atoms with van der Waals surface area (Å²) in [4.78, 5) is 2.22. The normalized spacial score (nSPS) is 33.2. The van der Waals surface area contributed by atoms with Crippen LogP contribution in [0.25, 0.3) is 0 Å². The minimum Gasteiger partial charge on any atom is -0.396 e. The van der Waals surface area contributed by atoms with Crippen molar-refractivity contribution in [2.75, 3.05) is 26.7 Å². The van der Waals surface area contributed by atoms with Gasteiger partial charge in [0.15, 0.2) is 0 Å². The minimum atomic E-state index is -0.745. The van der Waals surface area contributed by atoms with Gasteiger partial charge in [-0.15, -0.1) is 0 Å². The molecule has 78 valence electrons. The number of halogens is 1. The summed E-state index contributed by atoms with van der Waals surface area (Å²) in [6.07, 6.45) is 0.852. The van der Waals surface area contributed by atoms with Crippen LogP contribution in [0.2, 0.25) is 0 Å². The quantitative estimate of drug-likeness (QED) is 0.723. The molecule has 2 nitrogen and oxygen atoms in total. The van der Waals surface area contributed by atoms with Crippen molar-refractivity contribution in [3.63, 3.8) is 0 Å². The van der Waals surface area contributed by atoms with Gasteiger partial charge >= 0.3 is 0 Å². The van der Waals surface area contributed by atoms with Crippen molar-refractivity contribution in [1.82, 2.24) is 4.90 Å². The molecule has 1 rings (SSSR count). The lowest BCUT2D eigenvalue weighted by atomic mass is 9.83. The van der Waals surface area contributed by atoms with Crippen LogP contribution in [0.15, 0.2) is 0 Å². The molecule has 3 unspecified atom stereocenters. The molecule has 0 spiro atoms. The summed E-state index contributed by atoms with van der Waals surface area (Å²) < 4.78 is 12.8. The Balaban J connectivity index is 2.44. The largest absolute Gasteiger partial charge is 0.396 e. The van der Waals surface area contributed by atoms with E-state index >= 15 is 0 Å². The highest BCUT2D eigenvalue weighted by atomic mass is 19.1. The lowest BCUT2D eigenvalue weighted by molar-refractivity contribution is 0.0713. The van der Waals surface area contributed by atoms with E-state index in [-0.39, 0.29) is 6.61 Å². The summed E-state index contributed by atoms with van der Waals surface area (Å²) in [6.45, 7) is 3.77. The highest BCUT2D eigenvalue weighted by Crippen LogP contribution is 2.26. The van der Waals surface area contributed by atoms with Gasteiger partial charge in [0.25, 0.3) is 0 Å².